The fourth-order valence-corrected chi connectivity index (χ4v) is 4.95. The summed E-state index contributed by atoms with van der Waals surface area (Å²) in [6, 6.07) is 27.2. The first-order valence-electron chi connectivity index (χ1n) is 14.0. The van der Waals surface area contributed by atoms with Crippen LogP contribution < -0.4 is 0 Å². The van der Waals surface area contributed by atoms with Crippen molar-refractivity contribution in [3.8, 4) is 11.8 Å². The van der Waals surface area contributed by atoms with Gasteiger partial charge in [0, 0.05) is 79.0 Å². The summed E-state index contributed by atoms with van der Waals surface area (Å²) in [5.74, 6) is 4.74. The maximum atomic E-state index is 7.10. The Morgan fingerprint density at radius 2 is 1.04 bits per heavy atom. The third-order valence-electron chi connectivity index (χ3n) is 7.07. The summed E-state index contributed by atoms with van der Waals surface area (Å²) in [5.41, 5.74) is 7.06. The van der Waals surface area contributed by atoms with Crippen LogP contribution in [0.15, 0.2) is 106 Å². The maximum absolute atomic E-state index is 7.10. The summed E-state index contributed by atoms with van der Waals surface area (Å²) in [6.45, 7) is 0. The van der Waals surface area contributed by atoms with E-state index in [1.807, 2.05) is 121 Å². The summed E-state index contributed by atoms with van der Waals surface area (Å²) in [6.07, 6.45) is 25.6. The third kappa shape index (κ3) is 7.83. The molecular formula is C38H26Au2N4O2-4. The first-order chi connectivity index (χ1) is 21.5. The first-order valence-corrected chi connectivity index (χ1v) is 14.0. The monoisotopic (exact) mass is 964 g/mol. The van der Waals surface area contributed by atoms with Gasteiger partial charge in [0.15, 0.2) is 0 Å². The predicted octanol–water partition coefficient (Wildman–Crippen LogP) is 7.58. The van der Waals surface area contributed by atoms with E-state index in [4.69, 9.17) is 21.7 Å². The zero-order valence-corrected chi connectivity index (χ0v) is 29.2. The standard InChI is InChI=1S/2C14H7O.C10H12N4.2Au/c1-2-10-7-8-14-12(9-10)11-5-3-4-6-13(11)15-14;1-2-10-7-8-12-11-5-3-4-6-13(11)15-14(12)9-10;1-13-5-9(11-7-13)3-4-10-6-14(2)8-12-10;;/h2*3-9H;5-6H,3-4H2,1-2H3;;/q2*-1;-2;;. The van der Waals surface area contributed by atoms with Gasteiger partial charge in [-0.1, -0.05) is 72.8 Å². The van der Waals surface area contributed by atoms with E-state index in [1.165, 1.54) is 0 Å². The number of furan rings is 2. The van der Waals surface area contributed by atoms with Crippen LogP contribution in [-0.2, 0) is 71.7 Å². The molecule has 4 heterocycles. The van der Waals surface area contributed by atoms with Crippen molar-refractivity contribution in [3.05, 3.63) is 145 Å². The molecule has 6 nitrogen and oxygen atoms in total. The number of aryl methyl sites for hydroxylation is 4. The Morgan fingerprint density at radius 1 is 0.587 bits per heavy atom. The zero-order valence-electron chi connectivity index (χ0n) is 24.9. The second-order valence-electron chi connectivity index (χ2n) is 10.3. The molecule has 236 valence electrons. The van der Waals surface area contributed by atoms with Gasteiger partial charge in [0.1, 0.15) is 22.3 Å². The molecule has 46 heavy (non-hydrogen) atoms. The number of imidazole rings is 2. The predicted molar refractivity (Wildman–Crippen MR) is 171 cm³/mol. The number of fused-ring (bicyclic) bond motifs is 6. The van der Waals surface area contributed by atoms with Gasteiger partial charge >= 0.3 is 0 Å². The largest absolute Gasteiger partial charge is 0.458 e. The number of hydrogen-bond acceptors (Lipinski definition) is 4. The molecule has 0 fully saturated rings. The molecule has 0 aliphatic rings. The number of nitrogens with zero attached hydrogens (tertiary/aromatic N) is 4. The van der Waals surface area contributed by atoms with Crippen molar-refractivity contribution in [1.29, 1.82) is 0 Å². The third-order valence-corrected chi connectivity index (χ3v) is 7.07. The molecule has 0 N–H and O–H groups in total. The first kappa shape index (κ1) is 34.4. The van der Waals surface area contributed by atoms with E-state index < -0.39 is 0 Å². The molecule has 2 radical (unpaired) electrons. The summed E-state index contributed by atoms with van der Waals surface area (Å²) in [4.78, 5) is 8.26. The molecule has 4 aromatic carbocycles. The molecule has 0 atom stereocenters. The van der Waals surface area contributed by atoms with Crippen LogP contribution in [0.5, 0.6) is 0 Å². The molecule has 8 rings (SSSR count). The fourth-order valence-electron chi connectivity index (χ4n) is 4.95. The molecule has 0 aliphatic carbocycles. The average Bonchev–Trinajstić information content (AvgIpc) is 3.84. The van der Waals surface area contributed by atoms with Gasteiger partial charge in [0.25, 0.3) is 0 Å². The Labute approximate surface area is 298 Å². The minimum atomic E-state index is 0. The summed E-state index contributed by atoms with van der Waals surface area (Å²) < 4.78 is 15.0. The SMILES string of the molecule is Cn1[c-]nc(CCc2cn(C)[c-]n2)c1.[Au].[Au].[C-]#Cc1ccc2c(c1)oc1ccccc12.[C-]#Cc1ccc2oc3ccccc3c2c1. The topological polar surface area (TPSA) is 61.9 Å². The van der Waals surface area contributed by atoms with Crippen LogP contribution in [0, 0.1) is 37.3 Å². The second kappa shape index (κ2) is 15.7. The van der Waals surface area contributed by atoms with Crippen molar-refractivity contribution < 1.29 is 53.6 Å². The van der Waals surface area contributed by atoms with Crippen molar-refractivity contribution in [1.82, 2.24) is 19.1 Å². The van der Waals surface area contributed by atoms with E-state index in [2.05, 4.69) is 34.5 Å². The van der Waals surface area contributed by atoms with Crippen LogP contribution in [0.25, 0.3) is 43.9 Å². The van der Waals surface area contributed by atoms with E-state index in [0.29, 0.717) is 0 Å². The molecular weight excluding hydrogens is 938 g/mol. The van der Waals surface area contributed by atoms with Gasteiger partial charge < -0.3 is 40.8 Å². The van der Waals surface area contributed by atoms with Crippen molar-refractivity contribution in [3.63, 3.8) is 0 Å². The minimum absolute atomic E-state index is 0. The van der Waals surface area contributed by atoms with Crippen LogP contribution >= 0.6 is 0 Å². The van der Waals surface area contributed by atoms with Gasteiger partial charge in [0.2, 0.25) is 0 Å². The van der Waals surface area contributed by atoms with Gasteiger partial charge in [-0.3, -0.25) is 11.8 Å². The summed E-state index contributed by atoms with van der Waals surface area (Å²) in [5, 5.41) is 4.33. The van der Waals surface area contributed by atoms with Gasteiger partial charge in [-0.2, -0.15) is 0 Å². The quantitative estimate of drug-likeness (QED) is 0.104. The van der Waals surface area contributed by atoms with Crippen LogP contribution in [0.3, 0.4) is 0 Å². The van der Waals surface area contributed by atoms with Crippen LogP contribution in [-0.4, -0.2) is 19.1 Å². The van der Waals surface area contributed by atoms with E-state index in [9.17, 15) is 0 Å². The number of benzene rings is 4. The zero-order chi connectivity index (χ0) is 30.5. The Balaban J connectivity index is 0.000000153. The molecule has 0 amide bonds. The average molecular weight is 965 g/mol. The van der Waals surface area contributed by atoms with Crippen LogP contribution in [0.2, 0.25) is 0 Å². The fraction of sp³-hybridized carbons (Fsp3) is 0.105. The number of aromatic nitrogens is 4. The van der Waals surface area contributed by atoms with Gasteiger partial charge in [-0.05, 0) is 32.3 Å². The normalized spacial score (nSPS) is 10.2. The molecule has 4 aromatic heterocycles. The number of para-hydroxylation sites is 2. The van der Waals surface area contributed by atoms with E-state index in [1.54, 1.807) is 0 Å². The molecule has 0 bridgehead atoms. The molecule has 0 saturated heterocycles. The maximum Gasteiger partial charge on any atom is 0.135 e. The molecule has 0 aliphatic heterocycles. The summed E-state index contributed by atoms with van der Waals surface area (Å²) >= 11 is 0. The van der Waals surface area contributed by atoms with Gasteiger partial charge in [-0.25, -0.2) is 0 Å². The number of hydrogen-bond donors (Lipinski definition) is 0. The van der Waals surface area contributed by atoms with Crippen LogP contribution in [0.1, 0.15) is 22.5 Å². The van der Waals surface area contributed by atoms with Gasteiger partial charge in [0.05, 0.1) is 0 Å². The van der Waals surface area contributed by atoms with Crippen LogP contribution in [0.4, 0.5) is 0 Å². The Morgan fingerprint density at radius 3 is 1.59 bits per heavy atom. The molecule has 8 aromatic rings. The van der Waals surface area contributed by atoms with Crippen molar-refractivity contribution >= 4 is 43.9 Å². The smallest absolute Gasteiger partial charge is 0.135 e. The van der Waals surface area contributed by atoms with Crippen molar-refractivity contribution in [2.45, 2.75) is 12.8 Å². The van der Waals surface area contributed by atoms with Crippen molar-refractivity contribution in [2.24, 2.45) is 14.1 Å². The molecule has 0 unspecified atom stereocenters. The second-order valence-corrected chi connectivity index (χ2v) is 10.3. The van der Waals surface area contributed by atoms with E-state index in [-0.39, 0.29) is 44.8 Å². The minimum Gasteiger partial charge on any atom is -0.458 e. The molecule has 0 spiro atoms. The number of rotatable bonds is 3. The Bertz CT molecular complexity index is 2260. The Kier molecular flexibility index (Phi) is 11.7. The van der Waals surface area contributed by atoms with E-state index >= 15 is 0 Å². The summed E-state index contributed by atoms with van der Waals surface area (Å²) in [7, 11) is 3.84. The van der Waals surface area contributed by atoms with E-state index in [0.717, 1.165) is 79.2 Å². The van der Waals surface area contributed by atoms with Crippen molar-refractivity contribution in [2.75, 3.05) is 0 Å². The Hall–Kier alpha value is -4.50. The van der Waals surface area contributed by atoms with Gasteiger partial charge in [-0.15, -0.1) is 41.7 Å². The molecule has 0 saturated carbocycles. The molecule has 8 heteroatoms.